The summed E-state index contributed by atoms with van der Waals surface area (Å²) in [4.78, 5) is 8.40. The van der Waals surface area contributed by atoms with Crippen molar-refractivity contribution in [2.24, 2.45) is 5.84 Å². The molecule has 0 aliphatic rings. The fraction of sp³-hybridized carbons (Fsp3) is 0.636. The largest absolute Gasteiger partial charge is 0.475 e. The topological polar surface area (TPSA) is 82.3 Å². The zero-order chi connectivity index (χ0) is 12.5. The van der Waals surface area contributed by atoms with Crippen molar-refractivity contribution in [2.45, 2.75) is 26.7 Å². The molecule has 0 saturated carbocycles. The maximum atomic E-state index is 5.47. The number of aromatic nitrogens is 2. The van der Waals surface area contributed by atoms with E-state index >= 15 is 0 Å². The van der Waals surface area contributed by atoms with Crippen molar-refractivity contribution in [3.05, 3.63) is 11.9 Å². The van der Waals surface area contributed by atoms with Crippen molar-refractivity contribution in [3.8, 4) is 5.88 Å². The predicted molar refractivity (Wildman–Crippen MR) is 65.8 cm³/mol. The second-order valence-electron chi connectivity index (χ2n) is 3.47. The molecule has 17 heavy (non-hydrogen) atoms. The number of nitrogens with one attached hydrogen (secondary N) is 1. The van der Waals surface area contributed by atoms with E-state index < -0.39 is 0 Å². The molecule has 96 valence electrons. The molecule has 0 fully saturated rings. The average molecular weight is 240 g/mol. The van der Waals surface area contributed by atoms with Crippen molar-refractivity contribution < 1.29 is 9.47 Å². The van der Waals surface area contributed by atoms with Crippen LogP contribution in [0.25, 0.3) is 0 Å². The Labute approximate surface area is 102 Å². The van der Waals surface area contributed by atoms with E-state index in [2.05, 4.69) is 22.3 Å². The van der Waals surface area contributed by atoms with Crippen LogP contribution in [-0.4, -0.2) is 29.8 Å². The highest BCUT2D eigenvalue weighted by Crippen LogP contribution is 2.12. The lowest BCUT2D eigenvalue weighted by molar-refractivity contribution is 0.0989. The van der Waals surface area contributed by atoms with Crippen LogP contribution in [0, 0.1) is 0 Å². The molecular formula is C11H20N4O2. The third-order valence-corrected chi connectivity index (χ3v) is 2.04. The van der Waals surface area contributed by atoms with Crippen molar-refractivity contribution in [3.63, 3.8) is 0 Å². The first-order valence-electron chi connectivity index (χ1n) is 5.85. The Kier molecular flexibility index (Phi) is 6.27. The Balaban J connectivity index is 2.46. The average Bonchev–Trinajstić information content (AvgIpc) is 2.38. The highest BCUT2D eigenvalue weighted by atomic mass is 16.5. The standard InChI is InChI=1S/C11H20N4O2/c1-3-5-16-6-7-17-11-8-10(15-12)13-9(4-2)14-11/h8H,3-7,12H2,1-2H3,(H,13,14,15). The molecule has 1 heterocycles. The molecule has 0 aromatic carbocycles. The summed E-state index contributed by atoms with van der Waals surface area (Å²) < 4.78 is 10.8. The molecule has 0 amide bonds. The SMILES string of the molecule is CCCOCCOc1cc(NN)nc(CC)n1. The normalized spacial score (nSPS) is 10.3. The Bertz CT molecular complexity index is 311. The number of hydrazine groups is 1. The van der Waals surface area contributed by atoms with Crippen LogP contribution in [0.1, 0.15) is 26.1 Å². The van der Waals surface area contributed by atoms with Crippen molar-refractivity contribution in [1.29, 1.82) is 0 Å². The van der Waals surface area contributed by atoms with Gasteiger partial charge in [-0.15, -0.1) is 0 Å². The first-order valence-corrected chi connectivity index (χ1v) is 5.85. The molecule has 6 nitrogen and oxygen atoms in total. The number of hydrogen-bond donors (Lipinski definition) is 2. The molecule has 1 aromatic heterocycles. The van der Waals surface area contributed by atoms with E-state index in [1.165, 1.54) is 0 Å². The number of ether oxygens (including phenoxy) is 2. The lowest BCUT2D eigenvalue weighted by atomic mass is 10.4. The van der Waals surface area contributed by atoms with E-state index in [-0.39, 0.29) is 0 Å². The lowest BCUT2D eigenvalue weighted by Gasteiger charge is -2.08. The minimum atomic E-state index is 0.476. The summed E-state index contributed by atoms with van der Waals surface area (Å²) in [6, 6.07) is 1.67. The molecule has 6 heteroatoms. The van der Waals surface area contributed by atoms with Gasteiger partial charge in [-0.05, 0) is 6.42 Å². The van der Waals surface area contributed by atoms with Gasteiger partial charge in [0.15, 0.2) is 0 Å². The van der Waals surface area contributed by atoms with E-state index in [0.29, 0.717) is 30.7 Å². The van der Waals surface area contributed by atoms with Crippen LogP contribution in [-0.2, 0) is 11.2 Å². The Morgan fingerprint density at radius 1 is 1.24 bits per heavy atom. The Morgan fingerprint density at radius 3 is 2.71 bits per heavy atom. The molecule has 1 aromatic rings. The zero-order valence-corrected chi connectivity index (χ0v) is 10.4. The van der Waals surface area contributed by atoms with E-state index in [1.807, 2.05) is 6.92 Å². The number of hydrogen-bond acceptors (Lipinski definition) is 6. The first kappa shape index (κ1) is 13.7. The molecule has 0 unspecified atom stereocenters. The van der Waals surface area contributed by atoms with Crippen molar-refractivity contribution in [1.82, 2.24) is 9.97 Å². The molecular weight excluding hydrogens is 220 g/mol. The van der Waals surface area contributed by atoms with Gasteiger partial charge in [0, 0.05) is 19.1 Å². The summed E-state index contributed by atoms with van der Waals surface area (Å²) >= 11 is 0. The number of nitrogen functional groups attached to an aromatic ring is 1. The second kappa shape index (κ2) is 7.81. The molecule has 0 aliphatic heterocycles. The van der Waals surface area contributed by atoms with Crippen LogP contribution < -0.4 is 16.0 Å². The van der Waals surface area contributed by atoms with Crippen LogP contribution in [0.3, 0.4) is 0 Å². The van der Waals surface area contributed by atoms with E-state index in [0.717, 1.165) is 19.4 Å². The summed E-state index contributed by atoms with van der Waals surface area (Å²) in [5.41, 5.74) is 2.49. The van der Waals surface area contributed by atoms with Crippen molar-refractivity contribution in [2.75, 3.05) is 25.2 Å². The third kappa shape index (κ3) is 4.97. The number of aryl methyl sites for hydroxylation is 1. The van der Waals surface area contributed by atoms with Crippen LogP contribution >= 0.6 is 0 Å². The summed E-state index contributed by atoms with van der Waals surface area (Å²) in [6.45, 7) is 5.83. The summed E-state index contributed by atoms with van der Waals surface area (Å²) in [6.07, 6.45) is 1.74. The van der Waals surface area contributed by atoms with Gasteiger partial charge in [-0.2, -0.15) is 4.98 Å². The number of rotatable bonds is 8. The van der Waals surface area contributed by atoms with Crippen LogP contribution in [0.15, 0.2) is 6.07 Å². The van der Waals surface area contributed by atoms with Crippen LogP contribution in [0.4, 0.5) is 5.82 Å². The van der Waals surface area contributed by atoms with Gasteiger partial charge in [0.2, 0.25) is 5.88 Å². The second-order valence-corrected chi connectivity index (χ2v) is 3.47. The van der Waals surface area contributed by atoms with Gasteiger partial charge in [0.25, 0.3) is 0 Å². The van der Waals surface area contributed by atoms with E-state index in [4.69, 9.17) is 15.3 Å². The van der Waals surface area contributed by atoms with Crippen molar-refractivity contribution >= 4 is 5.82 Å². The molecule has 0 radical (unpaired) electrons. The minimum Gasteiger partial charge on any atom is -0.475 e. The van der Waals surface area contributed by atoms with E-state index in [9.17, 15) is 0 Å². The minimum absolute atomic E-state index is 0.476. The molecule has 0 aliphatic carbocycles. The van der Waals surface area contributed by atoms with Gasteiger partial charge < -0.3 is 14.9 Å². The van der Waals surface area contributed by atoms with Gasteiger partial charge in [-0.3, -0.25) is 0 Å². The van der Waals surface area contributed by atoms with Gasteiger partial charge in [0.1, 0.15) is 18.2 Å². The number of nitrogens with two attached hydrogens (primary N) is 1. The van der Waals surface area contributed by atoms with Crippen LogP contribution in [0.5, 0.6) is 5.88 Å². The van der Waals surface area contributed by atoms with Gasteiger partial charge in [-0.1, -0.05) is 13.8 Å². The fourth-order valence-corrected chi connectivity index (χ4v) is 1.23. The molecule has 0 atom stereocenters. The maximum absolute atomic E-state index is 5.47. The van der Waals surface area contributed by atoms with Gasteiger partial charge >= 0.3 is 0 Å². The fourth-order valence-electron chi connectivity index (χ4n) is 1.23. The monoisotopic (exact) mass is 240 g/mol. The Morgan fingerprint density at radius 2 is 2.06 bits per heavy atom. The molecule has 0 saturated heterocycles. The van der Waals surface area contributed by atoms with E-state index in [1.54, 1.807) is 6.07 Å². The van der Waals surface area contributed by atoms with Crippen LogP contribution in [0.2, 0.25) is 0 Å². The third-order valence-electron chi connectivity index (χ3n) is 2.04. The maximum Gasteiger partial charge on any atom is 0.218 e. The molecule has 0 bridgehead atoms. The zero-order valence-electron chi connectivity index (χ0n) is 10.4. The number of anilines is 1. The van der Waals surface area contributed by atoms with Gasteiger partial charge in [-0.25, -0.2) is 10.8 Å². The smallest absolute Gasteiger partial charge is 0.218 e. The molecule has 0 spiro atoms. The summed E-state index contributed by atoms with van der Waals surface area (Å²) in [5.74, 6) is 7.09. The highest BCUT2D eigenvalue weighted by Gasteiger charge is 2.03. The predicted octanol–water partition coefficient (Wildman–Crippen LogP) is 1.13. The number of nitrogens with zero attached hydrogens (tertiary/aromatic N) is 2. The quantitative estimate of drug-likeness (QED) is 0.402. The molecule has 1 rings (SSSR count). The lowest BCUT2D eigenvalue weighted by Crippen LogP contribution is -2.12. The van der Waals surface area contributed by atoms with Gasteiger partial charge in [0.05, 0.1) is 6.61 Å². The Hall–Kier alpha value is -1.40. The summed E-state index contributed by atoms with van der Waals surface area (Å²) in [5, 5.41) is 0. The molecule has 3 N–H and O–H groups in total. The first-order chi connectivity index (χ1) is 8.30. The highest BCUT2D eigenvalue weighted by molar-refractivity contribution is 5.36. The summed E-state index contributed by atoms with van der Waals surface area (Å²) in [7, 11) is 0.